The summed E-state index contributed by atoms with van der Waals surface area (Å²) in [6.45, 7) is 1.86. The molecule has 0 aliphatic rings. The van der Waals surface area contributed by atoms with E-state index in [0.717, 1.165) is 19.6 Å². The number of nitrogens with zero attached hydrogens (tertiary/aromatic N) is 2. The summed E-state index contributed by atoms with van der Waals surface area (Å²) in [6.07, 6.45) is 0.914. The van der Waals surface area contributed by atoms with E-state index in [2.05, 4.69) is 15.3 Å². The number of aromatic nitrogens is 2. The van der Waals surface area contributed by atoms with Crippen molar-refractivity contribution >= 4 is 17.4 Å². The monoisotopic (exact) mass is 245 g/mol. The van der Waals surface area contributed by atoms with Gasteiger partial charge in [0.25, 0.3) is 0 Å². The van der Waals surface area contributed by atoms with E-state index in [4.69, 9.17) is 21.1 Å². The van der Waals surface area contributed by atoms with Crippen molar-refractivity contribution in [2.75, 3.05) is 32.7 Å². The molecule has 6 heteroatoms. The summed E-state index contributed by atoms with van der Waals surface area (Å²) in [4.78, 5) is 8.28. The predicted octanol–water partition coefficient (Wildman–Crippen LogP) is 1.72. The van der Waals surface area contributed by atoms with Gasteiger partial charge in [0.15, 0.2) is 5.82 Å². The molecule has 0 spiro atoms. The molecule has 1 heterocycles. The third-order valence-corrected chi connectivity index (χ3v) is 2.04. The van der Waals surface area contributed by atoms with Crippen LogP contribution in [0.1, 0.15) is 12.2 Å². The first-order valence-corrected chi connectivity index (χ1v) is 5.39. The highest BCUT2D eigenvalue weighted by Gasteiger charge is 2.02. The van der Waals surface area contributed by atoms with Gasteiger partial charge in [0, 0.05) is 33.4 Å². The molecule has 0 aliphatic heterocycles. The first kappa shape index (κ1) is 13.2. The number of ether oxygens (including phenoxy) is 2. The highest BCUT2D eigenvalue weighted by Crippen LogP contribution is 2.11. The van der Waals surface area contributed by atoms with Crippen LogP contribution in [0.4, 0.5) is 5.82 Å². The first-order valence-electron chi connectivity index (χ1n) is 5.01. The van der Waals surface area contributed by atoms with E-state index in [0.29, 0.717) is 23.4 Å². The molecule has 0 radical (unpaired) electrons. The quantitative estimate of drug-likeness (QED) is 0.586. The summed E-state index contributed by atoms with van der Waals surface area (Å²) in [7, 11) is 3.27. The first-order chi connectivity index (χ1) is 7.76. The van der Waals surface area contributed by atoms with Gasteiger partial charge in [0.2, 0.25) is 0 Å². The molecule has 1 aromatic heterocycles. The van der Waals surface area contributed by atoms with Crippen LogP contribution in [-0.2, 0) is 16.1 Å². The molecular weight excluding hydrogens is 230 g/mol. The lowest BCUT2D eigenvalue weighted by Gasteiger charge is -2.07. The Balaban J connectivity index is 2.51. The van der Waals surface area contributed by atoms with Crippen LogP contribution < -0.4 is 5.32 Å². The van der Waals surface area contributed by atoms with Crippen LogP contribution in [-0.4, -0.2) is 37.3 Å². The molecule has 0 unspecified atom stereocenters. The Morgan fingerprint density at radius 3 is 2.81 bits per heavy atom. The smallest absolute Gasteiger partial charge is 0.158 e. The van der Waals surface area contributed by atoms with Gasteiger partial charge in [-0.1, -0.05) is 11.6 Å². The molecule has 0 atom stereocenters. The minimum Gasteiger partial charge on any atom is -0.385 e. The molecule has 0 saturated carbocycles. The van der Waals surface area contributed by atoms with Gasteiger partial charge in [-0.3, -0.25) is 0 Å². The Bertz CT molecular complexity index is 323. The fourth-order valence-electron chi connectivity index (χ4n) is 1.18. The van der Waals surface area contributed by atoms with Crippen LogP contribution in [0, 0.1) is 0 Å². The van der Waals surface area contributed by atoms with Crippen LogP contribution in [0.2, 0.25) is 5.15 Å². The lowest BCUT2D eigenvalue weighted by atomic mass is 10.4. The van der Waals surface area contributed by atoms with E-state index in [1.165, 1.54) is 0 Å². The van der Waals surface area contributed by atoms with E-state index in [1.807, 2.05) is 0 Å². The van der Waals surface area contributed by atoms with Crippen LogP contribution in [0.15, 0.2) is 6.07 Å². The fraction of sp³-hybridized carbons (Fsp3) is 0.600. The minimum atomic E-state index is 0.354. The maximum Gasteiger partial charge on any atom is 0.158 e. The van der Waals surface area contributed by atoms with E-state index in [9.17, 15) is 0 Å². The number of methoxy groups -OCH3 is 2. The highest BCUT2D eigenvalue weighted by molar-refractivity contribution is 6.29. The molecule has 1 rings (SSSR count). The number of rotatable bonds is 7. The molecule has 0 aliphatic carbocycles. The van der Waals surface area contributed by atoms with Crippen LogP contribution in [0.3, 0.4) is 0 Å². The Morgan fingerprint density at radius 2 is 2.12 bits per heavy atom. The molecule has 0 saturated heterocycles. The summed E-state index contributed by atoms with van der Waals surface area (Å²) in [6, 6.07) is 1.69. The third kappa shape index (κ3) is 4.74. The van der Waals surface area contributed by atoms with Crippen molar-refractivity contribution in [1.82, 2.24) is 9.97 Å². The van der Waals surface area contributed by atoms with Gasteiger partial charge in [-0.15, -0.1) is 0 Å². The van der Waals surface area contributed by atoms with Crippen molar-refractivity contribution in [2.45, 2.75) is 13.0 Å². The Kier molecular flexibility index (Phi) is 6.07. The summed E-state index contributed by atoms with van der Waals surface area (Å²) < 4.78 is 9.90. The zero-order valence-electron chi connectivity index (χ0n) is 9.49. The molecule has 0 bridgehead atoms. The van der Waals surface area contributed by atoms with Gasteiger partial charge >= 0.3 is 0 Å². The Labute approximate surface area is 100 Å². The lowest BCUT2D eigenvalue weighted by molar-refractivity contribution is 0.178. The van der Waals surface area contributed by atoms with Gasteiger partial charge < -0.3 is 14.8 Å². The molecule has 16 heavy (non-hydrogen) atoms. The number of hydrogen-bond acceptors (Lipinski definition) is 5. The molecule has 90 valence electrons. The van der Waals surface area contributed by atoms with Crippen molar-refractivity contribution in [1.29, 1.82) is 0 Å². The second kappa shape index (κ2) is 7.38. The van der Waals surface area contributed by atoms with Crippen molar-refractivity contribution in [3.05, 3.63) is 17.0 Å². The SMILES string of the molecule is COCCCNc1cc(Cl)nc(COC)n1. The second-order valence-corrected chi connectivity index (χ2v) is 3.59. The summed E-state index contributed by atoms with van der Waals surface area (Å²) >= 11 is 5.85. The number of halogens is 1. The van der Waals surface area contributed by atoms with Crippen LogP contribution >= 0.6 is 11.6 Å². The molecule has 1 aromatic rings. The molecule has 0 fully saturated rings. The summed E-state index contributed by atoms with van der Waals surface area (Å²) in [5, 5.41) is 3.56. The number of anilines is 1. The van der Waals surface area contributed by atoms with Crippen molar-refractivity contribution in [3.8, 4) is 0 Å². The average Bonchev–Trinajstić information content (AvgIpc) is 2.24. The van der Waals surface area contributed by atoms with E-state index >= 15 is 0 Å². The van der Waals surface area contributed by atoms with E-state index in [-0.39, 0.29) is 0 Å². The van der Waals surface area contributed by atoms with E-state index < -0.39 is 0 Å². The fourth-order valence-corrected chi connectivity index (χ4v) is 1.38. The summed E-state index contributed by atoms with van der Waals surface area (Å²) in [5.74, 6) is 1.28. The molecule has 5 nitrogen and oxygen atoms in total. The largest absolute Gasteiger partial charge is 0.385 e. The van der Waals surface area contributed by atoms with Gasteiger partial charge in [-0.05, 0) is 6.42 Å². The van der Waals surface area contributed by atoms with Crippen molar-refractivity contribution < 1.29 is 9.47 Å². The summed E-state index contributed by atoms with van der Waals surface area (Å²) in [5.41, 5.74) is 0. The standard InChI is InChI=1S/C10H16ClN3O2/c1-15-5-3-4-12-9-6-8(11)13-10(14-9)7-16-2/h6H,3-5,7H2,1-2H3,(H,12,13,14). The minimum absolute atomic E-state index is 0.354. The predicted molar refractivity (Wildman–Crippen MR) is 62.7 cm³/mol. The highest BCUT2D eigenvalue weighted by atomic mass is 35.5. The zero-order valence-corrected chi connectivity index (χ0v) is 10.3. The Morgan fingerprint density at radius 1 is 1.31 bits per heavy atom. The van der Waals surface area contributed by atoms with Gasteiger partial charge in [-0.2, -0.15) is 0 Å². The number of nitrogens with one attached hydrogen (secondary N) is 1. The molecule has 1 N–H and O–H groups in total. The van der Waals surface area contributed by atoms with Gasteiger partial charge in [0.05, 0.1) is 0 Å². The molecular formula is C10H16ClN3O2. The number of hydrogen-bond donors (Lipinski definition) is 1. The lowest BCUT2D eigenvalue weighted by Crippen LogP contribution is -2.08. The van der Waals surface area contributed by atoms with Gasteiger partial charge in [-0.25, -0.2) is 9.97 Å². The average molecular weight is 246 g/mol. The van der Waals surface area contributed by atoms with Crippen molar-refractivity contribution in [3.63, 3.8) is 0 Å². The van der Waals surface area contributed by atoms with Gasteiger partial charge in [0.1, 0.15) is 17.6 Å². The maximum absolute atomic E-state index is 5.85. The van der Waals surface area contributed by atoms with Crippen LogP contribution in [0.25, 0.3) is 0 Å². The topological polar surface area (TPSA) is 56.3 Å². The molecule has 0 aromatic carbocycles. The van der Waals surface area contributed by atoms with E-state index in [1.54, 1.807) is 20.3 Å². The van der Waals surface area contributed by atoms with Crippen molar-refractivity contribution in [2.24, 2.45) is 0 Å². The second-order valence-electron chi connectivity index (χ2n) is 3.20. The zero-order chi connectivity index (χ0) is 11.8. The maximum atomic E-state index is 5.85. The normalized spacial score (nSPS) is 10.4. The molecule has 0 amide bonds. The van der Waals surface area contributed by atoms with Crippen LogP contribution in [0.5, 0.6) is 0 Å². The third-order valence-electron chi connectivity index (χ3n) is 1.85. The Hall–Kier alpha value is -0.910.